The maximum Gasteiger partial charge on any atom is 0.573 e. The molecule has 0 bridgehead atoms. The molecule has 152 valence electrons. The highest BCUT2D eigenvalue weighted by atomic mass is 32.2. The van der Waals surface area contributed by atoms with Crippen LogP contribution < -0.4 is 4.74 Å². The van der Waals surface area contributed by atoms with E-state index in [4.69, 9.17) is 0 Å². The molecule has 0 saturated carbocycles. The van der Waals surface area contributed by atoms with Crippen LogP contribution >= 0.6 is 0 Å². The zero-order valence-corrected chi connectivity index (χ0v) is 16.0. The van der Waals surface area contributed by atoms with Crippen LogP contribution in [-0.2, 0) is 16.6 Å². The third-order valence-electron chi connectivity index (χ3n) is 4.09. The van der Waals surface area contributed by atoms with Crippen molar-refractivity contribution in [2.45, 2.75) is 31.7 Å². The van der Waals surface area contributed by atoms with Gasteiger partial charge in [0.15, 0.2) is 0 Å². The minimum atomic E-state index is -4.93. The van der Waals surface area contributed by atoms with Gasteiger partial charge in [0.1, 0.15) is 5.75 Å². The van der Waals surface area contributed by atoms with Crippen LogP contribution in [0.3, 0.4) is 0 Å². The molecule has 0 heterocycles. The number of nitro groups is 1. The molecular formula is C17H17F3N2O5S. The summed E-state index contributed by atoms with van der Waals surface area (Å²) in [6, 6.07) is 7.34. The number of halogens is 3. The average Bonchev–Trinajstić information content (AvgIpc) is 2.57. The van der Waals surface area contributed by atoms with Crippen molar-refractivity contribution >= 4 is 15.7 Å². The van der Waals surface area contributed by atoms with Crippen molar-refractivity contribution in [2.24, 2.45) is 0 Å². The van der Waals surface area contributed by atoms with E-state index in [2.05, 4.69) is 4.74 Å². The van der Waals surface area contributed by atoms with Gasteiger partial charge in [0.25, 0.3) is 5.69 Å². The topological polar surface area (TPSA) is 89.8 Å². The zero-order valence-electron chi connectivity index (χ0n) is 15.1. The summed E-state index contributed by atoms with van der Waals surface area (Å²) in [6.45, 7) is 2.62. The first kappa shape index (κ1) is 21.6. The largest absolute Gasteiger partial charge is 0.573 e. The SMILES string of the molecule is Cc1cc([N+](=O)[O-])cc(S(=O)(=O)N(C)Cc2ccccc2OC(F)(F)F)c1C. The zero-order chi connectivity index (χ0) is 21.3. The molecule has 0 aliphatic rings. The first-order valence-electron chi connectivity index (χ1n) is 7.88. The van der Waals surface area contributed by atoms with Crippen molar-refractivity contribution in [3.63, 3.8) is 0 Å². The molecular weight excluding hydrogens is 401 g/mol. The van der Waals surface area contributed by atoms with E-state index in [1.54, 1.807) is 0 Å². The second-order valence-corrected chi connectivity index (χ2v) is 8.07. The monoisotopic (exact) mass is 418 g/mol. The molecule has 0 radical (unpaired) electrons. The summed E-state index contributed by atoms with van der Waals surface area (Å²) in [6.07, 6.45) is -4.93. The van der Waals surface area contributed by atoms with Crippen LogP contribution in [-0.4, -0.2) is 31.1 Å². The van der Waals surface area contributed by atoms with E-state index in [-0.39, 0.29) is 10.5 Å². The van der Waals surface area contributed by atoms with Crippen molar-refractivity contribution in [1.29, 1.82) is 0 Å². The second kappa shape index (κ2) is 7.76. The standard InChI is InChI=1S/C17H17F3N2O5S/c1-11-8-14(22(23)24)9-16(12(11)2)28(25,26)21(3)10-13-6-4-5-7-15(13)27-17(18,19)20/h4-9H,10H2,1-3H3. The van der Waals surface area contributed by atoms with Gasteiger partial charge >= 0.3 is 6.36 Å². The van der Waals surface area contributed by atoms with Crippen LogP contribution in [0, 0.1) is 24.0 Å². The molecule has 7 nitrogen and oxygen atoms in total. The van der Waals surface area contributed by atoms with E-state index in [1.807, 2.05) is 0 Å². The number of hydrogen-bond acceptors (Lipinski definition) is 5. The van der Waals surface area contributed by atoms with Gasteiger partial charge in [0, 0.05) is 31.3 Å². The Morgan fingerprint density at radius 2 is 1.79 bits per heavy atom. The lowest BCUT2D eigenvalue weighted by Gasteiger charge is -2.21. The summed E-state index contributed by atoms with van der Waals surface area (Å²) in [5.41, 5.74) is 0.320. The van der Waals surface area contributed by atoms with Crippen molar-refractivity contribution in [2.75, 3.05) is 7.05 Å². The van der Waals surface area contributed by atoms with E-state index in [0.717, 1.165) is 16.4 Å². The molecule has 0 aliphatic carbocycles. The Morgan fingerprint density at radius 1 is 1.18 bits per heavy atom. The van der Waals surface area contributed by atoms with Gasteiger partial charge in [-0.2, -0.15) is 4.31 Å². The number of sulfonamides is 1. The smallest absolute Gasteiger partial charge is 0.405 e. The van der Waals surface area contributed by atoms with Gasteiger partial charge in [-0.15, -0.1) is 13.2 Å². The third kappa shape index (κ3) is 4.78. The van der Waals surface area contributed by atoms with E-state index in [1.165, 1.54) is 45.2 Å². The molecule has 0 atom stereocenters. The summed E-state index contributed by atoms with van der Waals surface area (Å²) in [5, 5.41) is 11.1. The van der Waals surface area contributed by atoms with E-state index in [9.17, 15) is 31.7 Å². The maximum atomic E-state index is 12.9. The quantitative estimate of drug-likeness (QED) is 0.524. The summed E-state index contributed by atoms with van der Waals surface area (Å²) in [5.74, 6) is -0.524. The van der Waals surface area contributed by atoms with Crippen LogP contribution in [0.25, 0.3) is 0 Å². The lowest BCUT2D eigenvalue weighted by molar-refractivity contribution is -0.385. The Labute approximate surface area is 159 Å². The highest BCUT2D eigenvalue weighted by molar-refractivity contribution is 7.89. The van der Waals surface area contributed by atoms with Gasteiger partial charge in [0.2, 0.25) is 10.0 Å². The van der Waals surface area contributed by atoms with E-state index < -0.39 is 39.3 Å². The number of benzene rings is 2. The van der Waals surface area contributed by atoms with Crippen LogP contribution in [0.5, 0.6) is 5.75 Å². The molecule has 0 fully saturated rings. The number of para-hydroxylation sites is 1. The maximum absolute atomic E-state index is 12.9. The van der Waals surface area contributed by atoms with Crippen LogP contribution in [0.1, 0.15) is 16.7 Å². The second-order valence-electron chi connectivity index (χ2n) is 6.06. The Bertz CT molecular complexity index is 1010. The van der Waals surface area contributed by atoms with Gasteiger partial charge in [-0.1, -0.05) is 18.2 Å². The number of non-ortho nitro benzene ring substituents is 1. The van der Waals surface area contributed by atoms with Crippen molar-refractivity contribution in [3.05, 3.63) is 63.2 Å². The van der Waals surface area contributed by atoms with Gasteiger partial charge in [-0.05, 0) is 31.0 Å². The number of alkyl halides is 3. The molecule has 2 aromatic carbocycles. The van der Waals surface area contributed by atoms with Crippen LogP contribution in [0.2, 0.25) is 0 Å². The number of aryl methyl sites for hydroxylation is 1. The molecule has 0 spiro atoms. The minimum absolute atomic E-state index is 0.00861. The van der Waals surface area contributed by atoms with Crippen molar-refractivity contribution in [1.82, 2.24) is 4.31 Å². The molecule has 28 heavy (non-hydrogen) atoms. The fourth-order valence-electron chi connectivity index (χ4n) is 2.53. The Morgan fingerprint density at radius 3 is 2.36 bits per heavy atom. The van der Waals surface area contributed by atoms with Crippen molar-refractivity contribution in [3.8, 4) is 5.75 Å². The van der Waals surface area contributed by atoms with Crippen LogP contribution in [0.15, 0.2) is 41.3 Å². The number of ether oxygens (including phenoxy) is 1. The fraction of sp³-hybridized carbons (Fsp3) is 0.294. The predicted molar refractivity (Wildman–Crippen MR) is 94.3 cm³/mol. The van der Waals surface area contributed by atoms with E-state index in [0.29, 0.717) is 11.1 Å². The molecule has 0 aromatic heterocycles. The van der Waals surface area contributed by atoms with Crippen LogP contribution in [0.4, 0.5) is 18.9 Å². The van der Waals surface area contributed by atoms with Crippen molar-refractivity contribution < 1.29 is 31.2 Å². The molecule has 0 amide bonds. The highest BCUT2D eigenvalue weighted by Crippen LogP contribution is 2.30. The minimum Gasteiger partial charge on any atom is -0.405 e. The lowest BCUT2D eigenvalue weighted by atomic mass is 10.1. The Hall–Kier alpha value is -2.66. The number of nitro benzene ring substituents is 1. The lowest BCUT2D eigenvalue weighted by Crippen LogP contribution is -2.28. The molecule has 0 N–H and O–H groups in total. The Balaban J connectivity index is 2.43. The molecule has 2 rings (SSSR count). The summed E-state index contributed by atoms with van der Waals surface area (Å²) >= 11 is 0. The predicted octanol–water partition coefficient (Wildman–Crippen LogP) is 3.93. The molecule has 0 unspecified atom stereocenters. The highest BCUT2D eigenvalue weighted by Gasteiger charge is 2.33. The Kier molecular flexibility index (Phi) is 6.00. The first-order valence-corrected chi connectivity index (χ1v) is 9.32. The normalized spacial score (nSPS) is 12.2. The fourth-order valence-corrected chi connectivity index (χ4v) is 4.00. The molecule has 2 aromatic rings. The summed E-state index contributed by atoms with van der Waals surface area (Å²) in [4.78, 5) is 10.1. The number of hydrogen-bond donors (Lipinski definition) is 0. The number of rotatable bonds is 6. The number of nitrogens with zero attached hydrogens (tertiary/aromatic N) is 2. The molecule has 0 aliphatic heterocycles. The van der Waals surface area contributed by atoms with Gasteiger partial charge in [-0.3, -0.25) is 10.1 Å². The van der Waals surface area contributed by atoms with E-state index >= 15 is 0 Å². The molecule has 0 saturated heterocycles. The first-order chi connectivity index (χ1) is 12.8. The summed E-state index contributed by atoms with van der Waals surface area (Å²) < 4.78 is 68.3. The molecule has 11 heteroatoms. The van der Waals surface area contributed by atoms with Gasteiger partial charge in [0.05, 0.1) is 9.82 Å². The van der Waals surface area contributed by atoms with Gasteiger partial charge < -0.3 is 4.74 Å². The third-order valence-corrected chi connectivity index (χ3v) is 6.02. The van der Waals surface area contributed by atoms with Gasteiger partial charge in [-0.25, -0.2) is 8.42 Å². The summed E-state index contributed by atoms with van der Waals surface area (Å²) in [7, 11) is -3.04. The average molecular weight is 418 g/mol.